The summed E-state index contributed by atoms with van der Waals surface area (Å²) in [5, 5.41) is 3.48. The van der Waals surface area contributed by atoms with E-state index in [1.54, 1.807) is 0 Å². The van der Waals surface area contributed by atoms with E-state index in [-0.39, 0.29) is 0 Å². The Balaban J connectivity index is 1.68. The predicted octanol–water partition coefficient (Wildman–Crippen LogP) is 3.86. The molecule has 1 saturated heterocycles. The average molecular weight is 275 g/mol. The molecule has 1 aromatic carbocycles. The van der Waals surface area contributed by atoms with E-state index in [2.05, 4.69) is 43.6 Å². The summed E-state index contributed by atoms with van der Waals surface area (Å²) in [5.74, 6) is 0. The maximum atomic E-state index is 5.69. The SMILES string of the molecule is CNC(CCCC1CCCO1)CCc1ccccc1C. The number of benzene rings is 1. The fraction of sp³-hybridized carbons (Fsp3) is 0.667. The zero-order chi connectivity index (χ0) is 14.2. The molecule has 2 rings (SSSR count). The third kappa shape index (κ3) is 4.92. The summed E-state index contributed by atoms with van der Waals surface area (Å²) in [6, 6.07) is 9.37. The molecule has 0 spiro atoms. The van der Waals surface area contributed by atoms with Gasteiger partial charge in [-0.2, -0.15) is 0 Å². The Morgan fingerprint density at radius 3 is 2.85 bits per heavy atom. The van der Waals surface area contributed by atoms with Crippen LogP contribution in [0.1, 0.15) is 49.7 Å². The van der Waals surface area contributed by atoms with Gasteiger partial charge in [0.15, 0.2) is 0 Å². The van der Waals surface area contributed by atoms with Gasteiger partial charge in [0.2, 0.25) is 0 Å². The van der Waals surface area contributed by atoms with E-state index in [1.165, 1.54) is 56.1 Å². The molecule has 0 saturated carbocycles. The Hall–Kier alpha value is -0.860. The van der Waals surface area contributed by atoms with E-state index in [4.69, 9.17) is 4.74 Å². The van der Waals surface area contributed by atoms with Crippen LogP contribution in [0.3, 0.4) is 0 Å². The lowest BCUT2D eigenvalue weighted by Crippen LogP contribution is -2.26. The summed E-state index contributed by atoms with van der Waals surface area (Å²) in [5.41, 5.74) is 2.91. The highest BCUT2D eigenvalue weighted by molar-refractivity contribution is 5.25. The molecule has 0 radical (unpaired) electrons. The molecular formula is C18H29NO. The van der Waals surface area contributed by atoms with Crippen LogP contribution in [0.2, 0.25) is 0 Å². The van der Waals surface area contributed by atoms with Crippen molar-refractivity contribution < 1.29 is 4.74 Å². The standard InChI is InChI=1S/C18H29NO/c1-15-7-3-4-8-16(15)12-13-17(19-2)9-5-10-18-11-6-14-20-18/h3-4,7-8,17-19H,5-6,9-14H2,1-2H3. The zero-order valence-electron chi connectivity index (χ0n) is 13.0. The van der Waals surface area contributed by atoms with Crippen molar-refractivity contribution in [1.29, 1.82) is 0 Å². The van der Waals surface area contributed by atoms with Gasteiger partial charge in [0.25, 0.3) is 0 Å². The summed E-state index contributed by atoms with van der Waals surface area (Å²) in [6.45, 7) is 3.19. The maximum Gasteiger partial charge on any atom is 0.0576 e. The number of hydrogen-bond acceptors (Lipinski definition) is 2. The van der Waals surface area contributed by atoms with Crippen molar-refractivity contribution >= 4 is 0 Å². The van der Waals surface area contributed by atoms with Crippen LogP contribution in [0.5, 0.6) is 0 Å². The predicted molar refractivity (Wildman–Crippen MR) is 85.2 cm³/mol. The highest BCUT2D eigenvalue weighted by Gasteiger charge is 2.15. The van der Waals surface area contributed by atoms with E-state index < -0.39 is 0 Å². The van der Waals surface area contributed by atoms with Crippen LogP contribution < -0.4 is 5.32 Å². The first-order valence-electron chi connectivity index (χ1n) is 8.13. The van der Waals surface area contributed by atoms with Crippen LogP contribution in [0, 0.1) is 6.92 Å². The summed E-state index contributed by atoms with van der Waals surface area (Å²) in [7, 11) is 2.09. The molecule has 1 fully saturated rings. The quantitative estimate of drug-likeness (QED) is 0.777. The molecule has 0 bridgehead atoms. The average Bonchev–Trinajstić information content (AvgIpc) is 2.97. The molecule has 1 N–H and O–H groups in total. The van der Waals surface area contributed by atoms with E-state index in [0.29, 0.717) is 12.1 Å². The van der Waals surface area contributed by atoms with Gasteiger partial charge < -0.3 is 10.1 Å². The number of aryl methyl sites for hydroxylation is 2. The second-order valence-electron chi connectivity index (χ2n) is 6.02. The number of rotatable bonds is 8. The van der Waals surface area contributed by atoms with E-state index >= 15 is 0 Å². The normalized spacial score (nSPS) is 20.2. The molecule has 1 aromatic rings. The van der Waals surface area contributed by atoms with Crippen LogP contribution in [-0.2, 0) is 11.2 Å². The first kappa shape index (κ1) is 15.5. The van der Waals surface area contributed by atoms with Crippen molar-refractivity contribution in [3.8, 4) is 0 Å². The first-order chi connectivity index (χ1) is 9.79. The van der Waals surface area contributed by atoms with E-state index in [0.717, 1.165) is 6.61 Å². The molecule has 1 aliphatic rings. The molecule has 1 aliphatic heterocycles. The van der Waals surface area contributed by atoms with Crippen LogP contribution in [0.15, 0.2) is 24.3 Å². The minimum absolute atomic E-state index is 0.545. The highest BCUT2D eigenvalue weighted by Crippen LogP contribution is 2.19. The number of ether oxygens (including phenoxy) is 1. The largest absolute Gasteiger partial charge is 0.378 e. The number of hydrogen-bond donors (Lipinski definition) is 1. The molecule has 0 amide bonds. The van der Waals surface area contributed by atoms with Gasteiger partial charge in [0.05, 0.1) is 6.10 Å². The van der Waals surface area contributed by atoms with Gasteiger partial charge in [-0.05, 0) is 70.0 Å². The van der Waals surface area contributed by atoms with Gasteiger partial charge in [-0.15, -0.1) is 0 Å². The first-order valence-corrected chi connectivity index (χ1v) is 8.13. The molecule has 0 aromatic heterocycles. The van der Waals surface area contributed by atoms with Crippen LogP contribution in [0.4, 0.5) is 0 Å². The minimum atomic E-state index is 0.545. The van der Waals surface area contributed by atoms with Crippen molar-refractivity contribution in [2.24, 2.45) is 0 Å². The summed E-state index contributed by atoms with van der Waals surface area (Å²) < 4.78 is 5.69. The third-order valence-electron chi connectivity index (χ3n) is 4.53. The maximum absolute atomic E-state index is 5.69. The van der Waals surface area contributed by atoms with Gasteiger partial charge in [-0.3, -0.25) is 0 Å². The van der Waals surface area contributed by atoms with E-state index in [1.807, 2.05) is 0 Å². The molecule has 2 nitrogen and oxygen atoms in total. The topological polar surface area (TPSA) is 21.3 Å². The van der Waals surface area contributed by atoms with Gasteiger partial charge in [-0.1, -0.05) is 24.3 Å². The van der Waals surface area contributed by atoms with Crippen LogP contribution >= 0.6 is 0 Å². The summed E-state index contributed by atoms with van der Waals surface area (Å²) >= 11 is 0. The van der Waals surface area contributed by atoms with Gasteiger partial charge in [0, 0.05) is 12.6 Å². The Morgan fingerprint density at radius 2 is 2.15 bits per heavy atom. The molecule has 112 valence electrons. The summed E-state index contributed by atoms with van der Waals surface area (Å²) in [4.78, 5) is 0. The van der Waals surface area contributed by atoms with Crippen molar-refractivity contribution in [3.05, 3.63) is 35.4 Å². The third-order valence-corrected chi connectivity index (χ3v) is 4.53. The minimum Gasteiger partial charge on any atom is -0.378 e. The van der Waals surface area contributed by atoms with Gasteiger partial charge >= 0.3 is 0 Å². The van der Waals surface area contributed by atoms with Crippen molar-refractivity contribution in [1.82, 2.24) is 5.32 Å². The Morgan fingerprint density at radius 1 is 1.30 bits per heavy atom. The highest BCUT2D eigenvalue weighted by atomic mass is 16.5. The zero-order valence-corrected chi connectivity index (χ0v) is 13.0. The number of nitrogens with one attached hydrogen (secondary N) is 1. The Labute approximate surface area is 123 Å². The Kier molecular flexibility index (Phi) is 6.55. The molecule has 20 heavy (non-hydrogen) atoms. The smallest absolute Gasteiger partial charge is 0.0576 e. The van der Waals surface area contributed by atoms with Crippen molar-refractivity contribution in [2.75, 3.05) is 13.7 Å². The molecule has 1 heterocycles. The van der Waals surface area contributed by atoms with Gasteiger partial charge in [0.1, 0.15) is 0 Å². The molecular weight excluding hydrogens is 246 g/mol. The Bertz CT molecular complexity index is 385. The lowest BCUT2D eigenvalue weighted by atomic mass is 9.97. The van der Waals surface area contributed by atoms with Crippen LogP contribution in [-0.4, -0.2) is 25.8 Å². The monoisotopic (exact) mass is 275 g/mol. The summed E-state index contributed by atoms with van der Waals surface area (Å²) in [6.07, 6.45) is 9.27. The second-order valence-corrected chi connectivity index (χ2v) is 6.02. The molecule has 2 atom stereocenters. The fourth-order valence-corrected chi connectivity index (χ4v) is 3.12. The molecule has 2 unspecified atom stereocenters. The van der Waals surface area contributed by atoms with Crippen LogP contribution in [0.25, 0.3) is 0 Å². The van der Waals surface area contributed by atoms with E-state index in [9.17, 15) is 0 Å². The second kappa shape index (κ2) is 8.43. The molecule has 0 aliphatic carbocycles. The van der Waals surface area contributed by atoms with Crippen molar-refractivity contribution in [2.45, 2.75) is 64.0 Å². The lowest BCUT2D eigenvalue weighted by molar-refractivity contribution is 0.101. The molecule has 2 heteroatoms. The lowest BCUT2D eigenvalue weighted by Gasteiger charge is -2.18. The van der Waals surface area contributed by atoms with Crippen molar-refractivity contribution in [3.63, 3.8) is 0 Å². The fourth-order valence-electron chi connectivity index (χ4n) is 3.12. The van der Waals surface area contributed by atoms with Gasteiger partial charge in [-0.25, -0.2) is 0 Å².